The zero-order valence-electron chi connectivity index (χ0n) is 11.5. The molecule has 0 aliphatic carbocycles. The van der Waals surface area contributed by atoms with Gasteiger partial charge in [-0.2, -0.15) is 0 Å². The van der Waals surface area contributed by atoms with Crippen LogP contribution >= 0.6 is 0 Å². The molecule has 7 nitrogen and oxygen atoms in total. The third-order valence-corrected chi connectivity index (χ3v) is 2.66. The van der Waals surface area contributed by atoms with E-state index in [9.17, 15) is 4.79 Å². The largest absolute Gasteiger partial charge is 0.380 e. The van der Waals surface area contributed by atoms with Crippen molar-refractivity contribution in [1.82, 2.24) is 15.3 Å². The van der Waals surface area contributed by atoms with Gasteiger partial charge in [-0.25, -0.2) is 15.8 Å². The number of amides is 1. The summed E-state index contributed by atoms with van der Waals surface area (Å²) in [6, 6.07) is -0.0541. The average molecular weight is 267 g/mol. The molecule has 1 rings (SSSR count). The summed E-state index contributed by atoms with van der Waals surface area (Å²) >= 11 is 0. The summed E-state index contributed by atoms with van der Waals surface area (Å²) < 4.78 is 5.35. The Labute approximate surface area is 112 Å². The fourth-order valence-corrected chi connectivity index (χ4v) is 1.41. The lowest BCUT2D eigenvalue weighted by atomic mass is 10.1. The minimum atomic E-state index is -0.269. The van der Waals surface area contributed by atoms with Crippen LogP contribution in [0.25, 0.3) is 0 Å². The number of ether oxygens (including phenoxy) is 1. The standard InChI is InChI=1S/C12H21N5O2/c1-4-19-7-10(8(2)3)16-12(18)9-5-15-11(17-13)6-14-9/h5-6,8,10H,4,7,13H2,1-3H3,(H,15,17)(H,16,18). The van der Waals surface area contributed by atoms with Crippen LogP contribution in [0.3, 0.4) is 0 Å². The Hall–Kier alpha value is -1.73. The Morgan fingerprint density at radius 2 is 2.16 bits per heavy atom. The number of hydrogen-bond donors (Lipinski definition) is 3. The van der Waals surface area contributed by atoms with Crippen molar-refractivity contribution in [3.8, 4) is 0 Å². The Morgan fingerprint density at radius 3 is 2.63 bits per heavy atom. The van der Waals surface area contributed by atoms with E-state index >= 15 is 0 Å². The van der Waals surface area contributed by atoms with Gasteiger partial charge < -0.3 is 15.5 Å². The Kier molecular flexibility index (Phi) is 6.17. The van der Waals surface area contributed by atoms with Crippen LogP contribution in [0.5, 0.6) is 0 Å². The number of carbonyl (C=O) groups excluding carboxylic acids is 1. The number of nitrogens with zero attached hydrogens (tertiary/aromatic N) is 2. The van der Waals surface area contributed by atoms with Crippen molar-refractivity contribution in [1.29, 1.82) is 0 Å². The summed E-state index contributed by atoms with van der Waals surface area (Å²) in [5, 5.41) is 2.89. The lowest BCUT2D eigenvalue weighted by Gasteiger charge is -2.21. The first-order valence-corrected chi connectivity index (χ1v) is 6.25. The molecule has 0 aliphatic rings. The number of aromatic nitrogens is 2. The van der Waals surface area contributed by atoms with Gasteiger partial charge in [0.2, 0.25) is 0 Å². The van der Waals surface area contributed by atoms with Crippen LogP contribution in [0.15, 0.2) is 12.4 Å². The summed E-state index contributed by atoms with van der Waals surface area (Å²) in [7, 11) is 0. The van der Waals surface area contributed by atoms with Crippen LogP contribution in [-0.4, -0.2) is 35.1 Å². The second-order valence-electron chi connectivity index (χ2n) is 4.41. The molecule has 0 spiro atoms. The second kappa shape index (κ2) is 7.65. The number of hydrazine groups is 1. The molecule has 1 unspecified atom stereocenters. The van der Waals surface area contributed by atoms with E-state index in [0.717, 1.165) is 0 Å². The number of anilines is 1. The molecule has 0 saturated carbocycles. The van der Waals surface area contributed by atoms with Gasteiger partial charge in [0.25, 0.3) is 5.91 Å². The van der Waals surface area contributed by atoms with Gasteiger partial charge in [0.1, 0.15) is 5.69 Å². The van der Waals surface area contributed by atoms with E-state index in [0.29, 0.717) is 19.0 Å². The van der Waals surface area contributed by atoms with E-state index < -0.39 is 0 Å². The maximum absolute atomic E-state index is 12.0. The van der Waals surface area contributed by atoms with E-state index in [-0.39, 0.29) is 23.6 Å². The Morgan fingerprint density at radius 1 is 1.42 bits per heavy atom. The minimum absolute atomic E-state index is 0.0541. The minimum Gasteiger partial charge on any atom is -0.380 e. The van der Waals surface area contributed by atoms with E-state index in [4.69, 9.17) is 10.6 Å². The monoisotopic (exact) mass is 267 g/mol. The number of nitrogens with one attached hydrogen (secondary N) is 2. The lowest BCUT2D eigenvalue weighted by Crippen LogP contribution is -2.42. The van der Waals surface area contributed by atoms with E-state index in [1.165, 1.54) is 12.4 Å². The highest BCUT2D eigenvalue weighted by Crippen LogP contribution is 2.05. The molecule has 0 bridgehead atoms. The molecular weight excluding hydrogens is 246 g/mol. The molecule has 1 heterocycles. The predicted octanol–water partition coefficient (Wildman–Crippen LogP) is 0.553. The summed E-state index contributed by atoms with van der Waals surface area (Å²) in [6.45, 7) is 7.07. The van der Waals surface area contributed by atoms with Gasteiger partial charge in [0.15, 0.2) is 5.82 Å². The van der Waals surface area contributed by atoms with Gasteiger partial charge in [0, 0.05) is 6.61 Å². The molecule has 0 radical (unpaired) electrons. The van der Waals surface area contributed by atoms with Gasteiger partial charge in [-0.1, -0.05) is 13.8 Å². The maximum atomic E-state index is 12.0. The lowest BCUT2D eigenvalue weighted by molar-refractivity contribution is 0.0801. The third kappa shape index (κ3) is 4.80. The highest BCUT2D eigenvalue weighted by Gasteiger charge is 2.18. The van der Waals surface area contributed by atoms with Crippen LogP contribution in [0, 0.1) is 5.92 Å². The van der Waals surface area contributed by atoms with E-state index in [2.05, 4.69) is 20.7 Å². The summed E-state index contributed by atoms with van der Waals surface area (Å²) in [6.07, 6.45) is 2.78. The van der Waals surface area contributed by atoms with Crippen LogP contribution in [-0.2, 0) is 4.74 Å². The molecule has 0 fully saturated rings. The molecule has 106 valence electrons. The van der Waals surface area contributed by atoms with Gasteiger partial charge in [0.05, 0.1) is 25.0 Å². The quantitative estimate of drug-likeness (QED) is 0.492. The zero-order chi connectivity index (χ0) is 14.3. The molecule has 0 aliphatic heterocycles. The number of hydrogen-bond acceptors (Lipinski definition) is 6. The van der Waals surface area contributed by atoms with Crippen molar-refractivity contribution >= 4 is 11.7 Å². The van der Waals surface area contributed by atoms with Gasteiger partial charge in [-0.3, -0.25) is 4.79 Å². The number of carbonyl (C=O) groups is 1. The van der Waals surface area contributed by atoms with Gasteiger partial charge in [-0.05, 0) is 12.8 Å². The zero-order valence-corrected chi connectivity index (χ0v) is 11.5. The fourth-order valence-electron chi connectivity index (χ4n) is 1.41. The summed E-state index contributed by atoms with van der Waals surface area (Å²) in [4.78, 5) is 19.9. The van der Waals surface area contributed by atoms with Crippen LogP contribution in [0.4, 0.5) is 5.82 Å². The van der Waals surface area contributed by atoms with Crippen molar-refractivity contribution < 1.29 is 9.53 Å². The molecule has 7 heteroatoms. The topological polar surface area (TPSA) is 102 Å². The van der Waals surface area contributed by atoms with Crippen molar-refractivity contribution in [3.05, 3.63) is 18.1 Å². The van der Waals surface area contributed by atoms with Gasteiger partial charge >= 0.3 is 0 Å². The molecule has 1 amide bonds. The van der Waals surface area contributed by atoms with Crippen LogP contribution < -0.4 is 16.6 Å². The highest BCUT2D eigenvalue weighted by atomic mass is 16.5. The van der Waals surface area contributed by atoms with Gasteiger partial charge in [-0.15, -0.1) is 0 Å². The third-order valence-electron chi connectivity index (χ3n) is 2.66. The maximum Gasteiger partial charge on any atom is 0.271 e. The average Bonchev–Trinajstić information content (AvgIpc) is 2.43. The molecule has 1 aromatic heterocycles. The Bertz CT molecular complexity index is 394. The van der Waals surface area contributed by atoms with Crippen LogP contribution in [0.2, 0.25) is 0 Å². The second-order valence-corrected chi connectivity index (χ2v) is 4.41. The van der Waals surface area contributed by atoms with Crippen molar-refractivity contribution in [2.75, 3.05) is 18.6 Å². The van der Waals surface area contributed by atoms with Crippen molar-refractivity contribution in [3.63, 3.8) is 0 Å². The molecule has 0 aromatic carbocycles. The molecule has 1 atom stereocenters. The van der Waals surface area contributed by atoms with E-state index in [1.54, 1.807) is 0 Å². The molecule has 4 N–H and O–H groups in total. The Balaban J connectivity index is 2.64. The molecule has 0 saturated heterocycles. The normalized spacial score (nSPS) is 12.3. The first-order valence-electron chi connectivity index (χ1n) is 6.25. The first kappa shape index (κ1) is 15.3. The summed E-state index contributed by atoms with van der Waals surface area (Å²) in [5.41, 5.74) is 2.61. The smallest absolute Gasteiger partial charge is 0.271 e. The number of rotatable bonds is 7. The van der Waals surface area contributed by atoms with Crippen LogP contribution in [0.1, 0.15) is 31.3 Å². The fraction of sp³-hybridized carbons (Fsp3) is 0.583. The first-order chi connectivity index (χ1) is 9.08. The number of nitrogens with two attached hydrogens (primary N) is 1. The molecule has 19 heavy (non-hydrogen) atoms. The highest BCUT2D eigenvalue weighted by molar-refractivity contribution is 5.92. The molecule has 1 aromatic rings. The predicted molar refractivity (Wildman–Crippen MR) is 72.4 cm³/mol. The number of nitrogen functional groups attached to an aromatic ring is 1. The SMILES string of the molecule is CCOCC(NC(=O)c1cnc(NN)cn1)C(C)C. The molecular formula is C12H21N5O2. The summed E-state index contributed by atoms with van der Waals surface area (Å²) in [5.74, 6) is 5.59. The van der Waals surface area contributed by atoms with Crippen molar-refractivity contribution in [2.45, 2.75) is 26.8 Å². The van der Waals surface area contributed by atoms with E-state index in [1.807, 2.05) is 20.8 Å². The van der Waals surface area contributed by atoms with Crippen molar-refractivity contribution in [2.24, 2.45) is 11.8 Å².